The van der Waals surface area contributed by atoms with E-state index in [-0.39, 0.29) is 29.5 Å². The van der Waals surface area contributed by atoms with Gasteiger partial charge in [-0.3, -0.25) is 4.79 Å². The average Bonchev–Trinajstić information content (AvgIpc) is 2.60. The molecule has 18 heavy (non-hydrogen) atoms. The van der Waals surface area contributed by atoms with E-state index in [1.165, 1.54) is 0 Å². The van der Waals surface area contributed by atoms with E-state index in [9.17, 15) is 13.2 Å². The lowest BCUT2D eigenvalue weighted by Gasteiger charge is -2.28. The Morgan fingerprint density at radius 1 is 1.44 bits per heavy atom. The van der Waals surface area contributed by atoms with Gasteiger partial charge < -0.3 is 10.6 Å². The van der Waals surface area contributed by atoms with Crippen molar-refractivity contribution in [2.45, 2.75) is 51.6 Å². The van der Waals surface area contributed by atoms with E-state index in [4.69, 9.17) is 5.73 Å². The Bertz CT molecular complexity index is 381. The van der Waals surface area contributed by atoms with E-state index in [2.05, 4.69) is 0 Å². The van der Waals surface area contributed by atoms with Gasteiger partial charge >= 0.3 is 0 Å². The summed E-state index contributed by atoms with van der Waals surface area (Å²) in [7, 11) is -2.95. The highest BCUT2D eigenvalue weighted by atomic mass is 32.2. The molecule has 2 unspecified atom stereocenters. The summed E-state index contributed by atoms with van der Waals surface area (Å²) in [6.45, 7) is 4.47. The van der Waals surface area contributed by atoms with Crippen molar-refractivity contribution in [2.75, 3.05) is 18.1 Å². The number of hydrogen-bond donors (Lipinski definition) is 1. The summed E-state index contributed by atoms with van der Waals surface area (Å²) < 4.78 is 22.9. The molecule has 1 amide bonds. The Kier molecular flexibility index (Phi) is 5.59. The molecule has 0 saturated carbocycles. The van der Waals surface area contributed by atoms with Crippen LogP contribution in [0, 0.1) is 0 Å². The summed E-state index contributed by atoms with van der Waals surface area (Å²) in [4.78, 5) is 13.8. The van der Waals surface area contributed by atoms with Gasteiger partial charge in [-0.05, 0) is 19.8 Å². The molecule has 5 nitrogen and oxygen atoms in total. The number of hydrogen-bond acceptors (Lipinski definition) is 4. The first kappa shape index (κ1) is 15.4. The van der Waals surface area contributed by atoms with Crippen molar-refractivity contribution in [3.05, 3.63) is 0 Å². The van der Waals surface area contributed by atoms with Gasteiger partial charge in [-0.15, -0.1) is 0 Å². The first-order valence-electron chi connectivity index (χ1n) is 6.65. The summed E-state index contributed by atoms with van der Waals surface area (Å²) in [6, 6.07) is -0.268. The maximum Gasteiger partial charge on any atom is 0.224 e. The highest BCUT2D eigenvalue weighted by molar-refractivity contribution is 7.91. The lowest BCUT2D eigenvalue weighted by molar-refractivity contribution is -0.133. The van der Waals surface area contributed by atoms with Gasteiger partial charge in [-0.25, -0.2) is 8.42 Å². The van der Waals surface area contributed by atoms with Gasteiger partial charge in [0.1, 0.15) is 0 Å². The van der Waals surface area contributed by atoms with Crippen molar-refractivity contribution < 1.29 is 13.2 Å². The molecule has 0 bridgehead atoms. The number of carbonyl (C=O) groups excluding carboxylic acids is 1. The summed E-state index contributed by atoms with van der Waals surface area (Å²) in [6.07, 6.45) is 2.66. The van der Waals surface area contributed by atoms with E-state index >= 15 is 0 Å². The van der Waals surface area contributed by atoms with Gasteiger partial charge in [0.2, 0.25) is 5.91 Å². The zero-order chi connectivity index (χ0) is 13.8. The van der Waals surface area contributed by atoms with Crippen LogP contribution >= 0.6 is 0 Å². The maximum absolute atomic E-state index is 12.1. The molecule has 1 heterocycles. The second-order valence-electron chi connectivity index (χ2n) is 4.99. The smallest absolute Gasteiger partial charge is 0.224 e. The largest absolute Gasteiger partial charge is 0.339 e. The predicted octanol–water partition coefficient (Wildman–Crippen LogP) is 0.540. The van der Waals surface area contributed by atoms with Gasteiger partial charge in [-0.1, -0.05) is 13.3 Å². The molecule has 0 spiro atoms. The number of sulfone groups is 1. The van der Waals surface area contributed by atoms with Crippen LogP contribution in [-0.2, 0) is 14.6 Å². The minimum Gasteiger partial charge on any atom is -0.339 e. The van der Waals surface area contributed by atoms with Crippen LogP contribution in [0.2, 0.25) is 0 Å². The first-order chi connectivity index (χ1) is 8.39. The Labute approximate surface area is 110 Å². The second-order valence-corrected chi connectivity index (χ2v) is 7.22. The number of amides is 1. The van der Waals surface area contributed by atoms with Crippen LogP contribution in [0.15, 0.2) is 0 Å². The van der Waals surface area contributed by atoms with Crippen LogP contribution < -0.4 is 5.73 Å². The molecule has 1 saturated heterocycles. The lowest BCUT2D eigenvalue weighted by atomic mass is 10.1. The molecule has 1 fully saturated rings. The molecule has 106 valence electrons. The SMILES string of the molecule is CCCC(N)CC(=O)N(CC)C1CCS(=O)(=O)C1. The van der Waals surface area contributed by atoms with E-state index in [0.717, 1.165) is 12.8 Å². The van der Waals surface area contributed by atoms with Gasteiger partial charge in [0.05, 0.1) is 11.5 Å². The molecule has 0 aromatic rings. The van der Waals surface area contributed by atoms with Crippen molar-refractivity contribution in [3.63, 3.8) is 0 Å². The summed E-state index contributed by atoms with van der Waals surface area (Å²) >= 11 is 0. The summed E-state index contributed by atoms with van der Waals surface area (Å²) in [5, 5.41) is 0. The molecule has 0 aromatic carbocycles. The molecule has 0 aromatic heterocycles. The molecule has 1 aliphatic heterocycles. The normalized spacial score (nSPS) is 23.8. The zero-order valence-electron chi connectivity index (χ0n) is 11.3. The molecule has 1 rings (SSSR count). The van der Waals surface area contributed by atoms with E-state index < -0.39 is 9.84 Å². The van der Waals surface area contributed by atoms with Crippen LogP contribution in [0.4, 0.5) is 0 Å². The van der Waals surface area contributed by atoms with Crippen molar-refractivity contribution in [2.24, 2.45) is 5.73 Å². The Balaban J connectivity index is 2.58. The zero-order valence-corrected chi connectivity index (χ0v) is 12.1. The van der Waals surface area contributed by atoms with Gasteiger partial charge in [0, 0.05) is 25.0 Å². The lowest BCUT2D eigenvalue weighted by Crippen LogP contribution is -2.43. The number of carbonyl (C=O) groups is 1. The number of rotatable bonds is 6. The van der Waals surface area contributed by atoms with Crippen LogP contribution in [0.1, 0.15) is 39.5 Å². The van der Waals surface area contributed by atoms with E-state index in [0.29, 0.717) is 19.4 Å². The minimum atomic E-state index is -2.95. The monoisotopic (exact) mass is 276 g/mol. The number of nitrogens with two attached hydrogens (primary N) is 1. The third-order valence-electron chi connectivity index (χ3n) is 3.41. The van der Waals surface area contributed by atoms with Gasteiger partial charge in [-0.2, -0.15) is 0 Å². The Hall–Kier alpha value is -0.620. The minimum absolute atomic E-state index is 0.0134. The number of nitrogens with zero attached hydrogens (tertiary/aromatic N) is 1. The fourth-order valence-corrected chi connectivity index (χ4v) is 4.20. The maximum atomic E-state index is 12.1. The molecule has 2 N–H and O–H groups in total. The topological polar surface area (TPSA) is 80.5 Å². The molecular weight excluding hydrogens is 252 g/mol. The highest BCUT2D eigenvalue weighted by Gasteiger charge is 2.33. The van der Waals surface area contributed by atoms with Crippen molar-refractivity contribution in [1.82, 2.24) is 4.90 Å². The molecule has 6 heteroatoms. The predicted molar refractivity (Wildman–Crippen MR) is 71.9 cm³/mol. The summed E-state index contributed by atoms with van der Waals surface area (Å²) in [5.41, 5.74) is 5.86. The molecule has 0 aliphatic carbocycles. The standard InChI is InChI=1S/C12H24N2O3S/c1-3-5-10(13)8-12(15)14(4-2)11-6-7-18(16,17)9-11/h10-11H,3-9,13H2,1-2H3. The van der Waals surface area contributed by atoms with E-state index in [1.54, 1.807) is 4.90 Å². The van der Waals surface area contributed by atoms with Crippen molar-refractivity contribution in [3.8, 4) is 0 Å². The van der Waals surface area contributed by atoms with Crippen LogP contribution in [0.3, 0.4) is 0 Å². The van der Waals surface area contributed by atoms with Crippen LogP contribution in [0.5, 0.6) is 0 Å². The quantitative estimate of drug-likeness (QED) is 0.768. The fourth-order valence-electron chi connectivity index (χ4n) is 2.47. The third-order valence-corrected chi connectivity index (χ3v) is 5.16. The third kappa shape index (κ3) is 4.24. The Morgan fingerprint density at radius 3 is 2.56 bits per heavy atom. The first-order valence-corrected chi connectivity index (χ1v) is 8.47. The fraction of sp³-hybridized carbons (Fsp3) is 0.917. The highest BCUT2D eigenvalue weighted by Crippen LogP contribution is 2.19. The van der Waals surface area contributed by atoms with Crippen LogP contribution in [-0.4, -0.2) is 49.4 Å². The summed E-state index contributed by atoms with van der Waals surface area (Å²) in [5.74, 6) is 0.290. The van der Waals surface area contributed by atoms with Crippen LogP contribution in [0.25, 0.3) is 0 Å². The Morgan fingerprint density at radius 2 is 2.11 bits per heavy atom. The molecule has 2 atom stereocenters. The molecule has 0 radical (unpaired) electrons. The average molecular weight is 276 g/mol. The van der Waals surface area contributed by atoms with Gasteiger partial charge in [0.15, 0.2) is 9.84 Å². The second kappa shape index (κ2) is 6.52. The van der Waals surface area contributed by atoms with Crippen molar-refractivity contribution >= 4 is 15.7 Å². The molecule has 1 aliphatic rings. The molecular formula is C12H24N2O3S. The van der Waals surface area contributed by atoms with E-state index in [1.807, 2.05) is 13.8 Å². The van der Waals surface area contributed by atoms with Crippen molar-refractivity contribution in [1.29, 1.82) is 0 Å². The van der Waals surface area contributed by atoms with Gasteiger partial charge in [0.25, 0.3) is 0 Å².